The Kier molecular flexibility index (Phi) is 15.2. The molecule has 1 unspecified atom stereocenters. The van der Waals surface area contributed by atoms with E-state index >= 15 is 0 Å². The number of allylic oxidation sites excluding steroid dienone is 4. The minimum absolute atomic E-state index is 0.386. The van der Waals surface area contributed by atoms with Crippen LogP contribution in [0.4, 0.5) is 0 Å². The fraction of sp³-hybridized carbons (Fsp3) is 0.227. The van der Waals surface area contributed by atoms with Gasteiger partial charge in [-0.3, -0.25) is 0 Å². The van der Waals surface area contributed by atoms with Gasteiger partial charge in [0.15, 0.2) is 8.07 Å². The molecule has 0 aliphatic heterocycles. The quantitative estimate of drug-likeness (QED) is 0.0668. The first-order valence-corrected chi connectivity index (χ1v) is 29.8. The first-order valence-electron chi connectivity index (χ1n) is 27.8. The number of hydrogen-bond acceptors (Lipinski definition) is 0. The summed E-state index contributed by atoms with van der Waals surface area (Å²) in [5.41, 5.74) is 29.6. The summed E-state index contributed by atoms with van der Waals surface area (Å²) in [6.45, 7) is 24.7. The van der Waals surface area contributed by atoms with E-state index in [-0.39, 0.29) is 5.04 Å². The van der Waals surface area contributed by atoms with Crippen LogP contribution in [0.15, 0.2) is 223 Å². The van der Waals surface area contributed by atoms with Crippen molar-refractivity contribution < 1.29 is 0 Å². The SMILES string of the molecule is CC1=CC(C)([Si](c2cc(C)c(Cc3ccccc3)c(C)c2Cc2ccccc2)(c2cc(C)c(Cc3ccccc3)c(C)c2Cc2ccccc2)c2cc(C)c(Cc3ccccc3)c(C)c2Cc2ccccc2)C(C)=C1C. The van der Waals surface area contributed by atoms with E-state index in [4.69, 9.17) is 0 Å². The van der Waals surface area contributed by atoms with E-state index in [9.17, 15) is 0 Å². The lowest BCUT2D eigenvalue weighted by molar-refractivity contribution is 0.866. The Labute approximate surface area is 457 Å². The maximum absolute atomic E-state index is 3.52. The van der Waals surface area contributed by atoms with Gasteiger partial charge in [-0.15, -0.1) is 0 Å². The number of benzene rings is 9. The lowest BCUT2D eigenvalue weighted by Gasteiger charge is -2.51. The Morgan fingerprint density at radius 3 is 0.737 bits per heavy atom. The van der Waals surface area contributed by atoms with E-state index in [1.54, 1.807) is 15.6 Å². The first-order chi connectivity index (χ1) is 36.8. The summed E-state index contributed by atoms with van der Waals surface area (Å²) in [6.07, 6.45) is 7.96. The van der Waals surface area contributed by atoms with E-state index in [2.05, 4.69) is 276 Å². The van der Waals surface area contributed by atoms with Gasteiger partial charge in [0.25, 0.3) is 0 Å². The van der Waals surface area contributed by atoms with Crippen LogP contribution in [0.3, 0.4) is 0 Å². The lowest BCUT2D eigenvalue weighted by Crippen LogP contribution is -2.75. The average molecular weight is 1010 g/mol. The highest BCUT2D eigenvalue weighted by Crippen LogP contribution is 2.54. The molecule has 0 aromatic heterocycles. The van der Waals surface area contributed by atoms with Crippen molar-refractivity contribution in [1.82, 2.24) is 0 Å². The molecule has 1 atom stereocenters. The third-order valence-corrected chi connectivity index (χ3v) is 23.8. The highest BCUT2D eigenvalue weighted by atomic mass is 28.3. The molecule has 1 aliphatic carbocycles. The van der Waals surface area contributed by atoms with Gasteiger partial charge >= 0.3 is 0 Å². The molecular formula is C75H76Si. The summed E-state index contributed by atoms with van der Waals surface area (Å²) in [4.78, 5) is 0. The zero-order chi connectivity index (χ0) is 53.1. The highest BCUT2D eigenvalue weighted by Gasteiger charge is 2.59. The van der Waals surface area contributed by atoms with E-state index < -0.39 is 8.07 Å². The lowest BCUT2D eigenvalue weighted by atomic mass is 9.89. The Balaban J connectivity index is 1.45. The predicted molar refractivity (Wildman–Crippen MR) is 328 cm³/mol. The van der Waals surface area contributed by atoms with Crippen molar-refractivity contribution in [1.29, 1.82) is 0 Å². The second-order valence-corrected chi connectivity index (χ2v) is 26.6. The van der Waals surface area contributed by atoms with Gasteiger partial charge in [0, 0.05) is 5.04 Å². The second-order valence-electron chi connectivity index (χ2n) is 22.5. The van der Waals surface area contributed by atoms with Crippen LogP contribution in [0.25, 0.3) is 0 Å². The standard InChI is InChI=1S/C75H76Si/c1-51-41-72(69(47-63-35-23-14-24-36-63)56(6)66(51)44-60-29-17-11-18-30-60)76(75(10)50-54(4)55(5)59(75)9,73-42-52(2)67(45-61-31-19-12-20-32-61)57(7)70(73)48-64-37-25-15-26-38-64)74-43-53(3)68(46-62-33-21-13-22-34-62)58(8)71(74)49-65-39-27-16-28-40-65/h11-43,50H,44-49H2,1-10H3. The van der Waals surface area contributed by atoms with Gasteiger partial charge in [-0.1, -0.05) is 224 Å². The molecule has 1 heteroatoms. The number of rotatable bonds is 16. The van der Waals surface area contributed by atoms with Crippen molar-refractivity contribution in [3.63, 3.8) is 0 Å². The normalized spacial score (nSPS) is 14.6. The third-order valence-electron chi connectivity index (χ3n) is 18.0. The molecule has 0 amide bonds. The topological polar surface area (TPSA) is 0 Å². The van der Waals surface area contributed by atoms with Crippen molar-refractivity contribution in [3.05, 3.63) is 323 Å². The van der Waals surface area contributed by atoms with Crippen molar-refractivity contribution >= 4 is 23.6 Å². The molecule has 10 rings (SSSR count). The molecule has 1 aliphatic rings. The molecule has 76 heavy (non-hydrogen) atoms. The Hall–Kier alpha value is -7.32. The molecule has 0 N–H and O–H groups in total. The molecule has 9 aromatic rings. The summed E-state index contributed by atoms with van der Waals surface area (Å²) >= 11 is 0. The molecule has 0 saturated carbocycles. The first kappa shape index (κ1) is 52.1. The van der Waals surface area contributed by atoms with E-state index in [0.29, 0.717) is 0 Å². The van der Waals surface area contributed by atoms with E-state index in [1.807, 2.05) is 0 Å². The Bertz CT molecular complexity index is 3240. The third kappa shape index (κ3) is 9.87. The molecule has 0 heterocycles. The van der Waals surface area contributed by atoms with Crippen LogP contribution in [0.5, 0.6) is 0 Å². The maximum Gasteiger partial charge on any atom is 0.162 e. The molecular weight excluding hydrogens is 929 g/mol. The zero-order valence-electron chi connectivity index (χ0n) is 46.9. The molecule has 0 spiro atoms. The van der Waals surface area contributed by atoms with Crippen molar-refractivity contribution in [2.24, 2.45) is 0 Å². The average Bonchev–Trinajstić information content (AvgIpc) is 3.78. The van der Waals surface area contributed by atoms with Crippen LogP contribution in [-0.4, -0.2) is 8.07 Å². The number of hydrogen-bond donors (Lipinski definition) is 0. The van der Waals surface area contributed by atoms with E-state index in [1.165, 1.54) is 117 Å². The van der Waals surface area contributed by atoms with Crippen LogP contribution >= 0.6 is 0 Å². The van der Waals surface area contributed by atoms with Gasteiger partial charge in [-0.25, -0.2) is 0 Å². The molecule has 380 valence electrons. The van der Waals surface area contributed by atoms with Crippen LogP contribution < -0.4 is 15.6 Å². The maximum atomic E-state index is 2.77. The molecule has 0 radical (unpaired) electrons. The molecule has 0 nitrogen and oxygen atoms in total. The minimum Gasteiger partial charge on any atom is -0.0730 e. The van der Waals surface area contributed by atoms with Gasteiger partial charge in [-0.2, -0.15) is 0 Å². The van der Waals surface area contributed by atoms with Crippen LogP contribution in [-0.2, 0) is 38.5 Å². The fourth-order valence-corrected chi connectivity index (χ4v) is 20.7. The summed E-state index contributed by atoms with van der Waals surface area (Å²) < 4.78 is 0. The smallest absolute Gasteiger partial charge is 0.0730 e. The van der Waals surface area contributed by atoms with Gasteiger partial charge in [-0.05, 0) is 222 Å². The minimum atomic E-state index is -3.52. The van der Waals surface area contributed by atoms with Crippen molar-refractivity contribution in [2.75, 3.05) is 0 Å². The fourth-order valence-electron chi connectivity index (χ4n) is 13.5. The zero-order valence-corrected chi connectivity index (χ0v) is 47.9. The van der Waals surface area contributed by atoms with Crippen LogP contribution in [0, 0.1) is 41.5 Å². The summed E-state index contributed by atoms with van der Waals surface area (Å²) in [7, 11) is -3.52. The Morgan fingerprint density at radius 1 is 0.303 bits per heavy atom. The van der Waals surface area contributed by atoms with E-state index in [0.717, 1.165) is 38.5 Å². The van der Waals surface area contributed by atoms with Gasteiger partial charge < -0.3 is 0 Å². The number of aryl methyl sites for hydroxylation is 3. The van der Waals surface area contributed by atoms with Crippen molar-refractivity contribution in [3.8, 4) is 0 Å². The van der Waals surface area contributed by atoms with Crippen LogP contribution in [0.2, 0.25) is 5.04 Å². The highest BCUT2D eigenvalue weighted by molar-refractivity contribution is 7.15. The predicted octanol–water partition coefficient (Wildman–Crippen LogP) is 16.6. The molecule has 0 bridgehead atoms. The van der Waals surface area contributed by atoms with Crippen LogP contribution in [0.1, 0.15) is 128 Å². The molecule has 0 fully saturated rings. The monoisotopic (exact) mass is 1000 g/mol. The summed E-state index contributed by atoms with van der Waals surface area (Å²) in [5.74, 6) is 0. The second kappa shape index (κ2) is 22.1. The Morgan fingerprint density at radius 2 is 0.526 bits per heavy atom. The summed E-state index contributed by atoms with van der Waals surface area (Å²) in [5, 5.41) is 4.27. The molecule has 9 aromatic carbocycles. The van der Waals surface area contributed by atoms with Gasteiger partial charge in [0.05, 0.1) is 0 Å². The largest absolute Gasteiger partial charge is 0.162 e. The molecule has 0 saturated heterocycles. The summed E-state index contributed by atoms with van der Waals surface area (Å²) in [6, 6.07) is 75.9. The van der Waals surface area contributed by atoms with Gasteiger partial charge in [0.2, 0.25) is 0 Å². The van der Waals surface area contributed by atoms with Crippen molar-refractivity contribution in [2.45, 2.75) is 113 Å². The van der Waals surface area contributed by atoms with Gasteiger partial charge in [0.1, 0.15) is 0 Å².